The Labute approximate surface area is 229 Å². The molecule has 0 aromatic heterocycles. The predicted molar refractivity (Wildman–Crippen MR) is 147 cm³/mol. The highest BCUT2D eigenvalue weighted by Gasteiger charge is 2.32. The van der Waals surface area contributed by atoms with Gasteiger partial charge in [0.25, 0.3) is 0 Å². The summed E-state index contributed by atoms with van der Waals surface area (Å²) in [7, 11) is 1.39. The van der Waals surface area contributed by atoms with E-state index in [-0.39, 0.29) is 30.2 Å². The van der Waals surface area contributed by atoms with Gasteiger partial charge in [0.05, 0.1) is 20.1 Å². The van der Waals surface area contributed by atoms with Crippen LogP contribution in [0.15, 0.2) is 42.5 Å². The molecule has 5 nitrogen and oxygen atoms in total. The SMILES string of the molecule is COC(=O)CC1COc2cc(OC3CCc4c(-c5c(C)cc(C6CCOCC6)cc5C)ccc(F)c43)ccc21. The predicted octanol–water partition coefficient (Wildman–Crippen LogP) is 7.11. The third kappa shape index (κ3) is 4.91. The Kier molecular flexibility index (Phi) is 7.06. The minimum atomic E-state index is -0.368. The standard InChI is InChI=1S/C33H35FO5/c1-19-14-22(21-10-12-37-13-11-21)15-20(2)32(19)26-6-8-28(34)33-27(26)7-9-29(33)39-24-4-5-25-23(16-31(35)36-3)18-38-30(25)17-24/h4-6,8,14-15,17,21,23,29H,7,9-13,16,18H2,1-3H3. The van der Waals surface area contributed by atoms with Crippen LogP contribution in [0, 0.1) is 19.7 Å². The molecule has 1 saturated heterocycles. The Morgan fingerprint density at radius 2 is 1.79 bits per heavy atom. The molecule has 2 heterocycles. The van der Waals surface area contributed by atoms with Crippen LogP contribution in [0.5, 0.6) is 11.5 Å². The van der Waals surface area contributed by atoms with Gasteiger partial charge in [-0.2, -0.15) is 0 Å². The molecule has 0 radical (unpaired) electrons. The fourth-order valence-electron chi connectivity index (χ4n) is 6.66. The summed E-state index contributed by atoms with van der Waals surface area (Å²) in [5.74, 6) is 1.38. The van der Waals surface area contributed by atoms with Crippen molar-refractivity contribution in [3.8, 4) is 22.6 Å². The summed E-state index contributed by atoms with van der Waals surface area (Å²) in [5.41, 5.74) is 8.82. The van der Waals surface area contributed by atoms with Crippen LogP contribution in [-0.2, 0) is 20.7 Å². The van der Waals surface area contributed by atoms with E-state index in [2.05, 4.69) is 26.0 Å². The van der Waals surface area contributed by atoms with E-state index in [1.165, 1.54) is 29.4 Å². The van der Waals surface area contributed by atoms with Crippen LogP contribution in [-0.4, -0.2) is 32.9 Å². The van der Waals surface area contributed by atoms with Crippen molar-refractivity contribution in [2.45, 2.75) is 63.9 Å². The zero-order chi connectivity index (χ0) is 27.1. The third-order valence-corrected chi connectivity index (χ3v) is 8.58. The molecule has 0 bridgehead atoms. The van der Waals surface area contributed by atoms with Crippen LogP contribution >= 0.6 is 0 Å². The van der Waals surface area contributed by atoms with Crippen LogP contribution in [0.2, 0.25) is 0 Å². The van der Waals surface area contributed by atoms with Crippen molar-refractivity contribution in [3.05, 3.63) is 81.7 Å². The van der Waals surface area contributed by atoms with E-state index in [9.17, 15) is 4.79 Å². The molecule has 2 aliphatic heterocycles. The largest absolute Gasteiger partial charge is 0.492 e. The first kappa shape index (κ1) is 25.9. The normalized spacial score (nSPS) is 20.3. The molecule has 3 aromatic rings. The summed E-state index contributed by atoms with van der Waals surface area (Å²) in [5, 5.41) is 0. The van der Waals surface area contributed by atoms with E-state index in [0.29, 0.717) is 36.0 Å². The minimum absolute atomic E-state index is 0.0296. The quantitative estimate of drug-likeness (QED) is 0.318. The van der Waals surface area contributed by atoms with Crippen molar-refractivity contribution in [1.82, 2.24) is 0 Å². The lowest BCUT2D eigenvalue weighted by atomic mass is 9.84. The number of esters is 1. The summed E-state index contributed by atoms with van der Waals surface area (Å²) < 4.78 is 37.9. The second kappa shape index (κ2) is 10.6. The molecule has 2 unspecified atom stereocenters. The summed E-state index contributed by atoms with van der Waals surface area (Å²) in [6, 6.07) is 13.8. The fourth-order valence-corrected chi connectivity index (χ4v) is 6.66. The topological polar surface area (TPSA) is 54.0 Å². The number of fused-ring (bicyclic) bond motifs is 2. The van der Waals surface area contributed by atoms with Crippen molar-refractivity contribution in [2.75, 3.05) is 26.9 Å². The Balaban J connectivity index is 1.27. The van der Waals surface area contributed by atoms with E-state index >= 15 is 4.39 Å². The first-order chi connectivity index (χ1) is 18.9. The van der Waals surface area contributed by atoms with Crippen molar-refractivity contribution >= 4 is 5.97 Å². The van der Waals surface area contributed by atoms with Crippen LogP contribution < -0.4 is 9.47 Å². The number of benzene rings is 3. The summed E-state index contributed by atoms with van der Waals surface area (Å²) in [6.45, 7) is 6.41. The zero-order valence-corrected chi connectivity index (χ0v) is 22.8. The van der Waals surface area contributed by atoms with E-state index in [1.807, 2.05) is 24.3 Å². The molecule has 0 spiro atoms. The summed E-state index contributed by atoms with van der Waals surface area (Å²) >= 11 is 0. The average Bonchev–Trinajstić information content (AvgIpc) is 3.54. The highest BCUT2D eigenvalue weighted by molar-refractivity contribution is 5.76. The molecule has 2 atom stereocenters. The maximum Gasteiger partial charge on any atom is 0.306 e. The number of rotatable bonds is 6. The molecular weight excluding hydrogens is 495 g/mol. The number of hydrogen-bond donors (Lipinski definition) is 0. The van der Waals surface area contributed by atoms with Crippen molar-refractivity contribution in [2.24, 2.45) is 0 Å². The lowest BCUT2D eigenvalue weighted by molar-refractivity contribution is -0.141. The van der Waals surface area contributed by atoms with Gasteiger partial charge in [-0.1, -0.05) is 24.3 Å². The van der Waals surface area contributed by atoms with Crippen LogP contribution in [0.25, 0.3) is 11.1 Å². The molecular formula is C33H35FO5. The molecule has 1 aliphatic carbocycles. The van der Waals surface area contributed by atoms with Crippen molar-refractivity contribution < 1.29 is 28.1 Å². The second-order valence-electron chi connectivity index (χ2n) is 11.0. The van der Waals surface area contributed by atoms with Gasteiger partial charge in [-0.25, -0.2) is 4.39 Å². The lowest BCUT2D eigenvalue weighted by Gasteiger charge is -2.25. The van der Waals surface area contributed by atoms with E-state index in [4.69, 9.17) is 18.9 Å². The maximum atomic E-state index is 15.3. The summed E-state index contributed by atoms with van der Waals surface area (Å²) in [6.07, 6.45) is 3.50. The lowest BCUT2D eigenvalue weighted by Crippen LogP contribution is -2.14. The van der Waals surface area contributed by atoms with Gasteiger partial charge in [-0.3, -0.25) is 4.79 Å². The van der Waals surface area contributed by atoms with E-state index in [1.54, 1.807) is 6.07 Å². The van der Waals surface area contributed by atoms with Gasteiger partial charge in [0.2, 0.25) is 0 Å². The van der Waals surface area contributed by atoms with E-state index in [0.717, 1.165) is 49.2 Å². The number of halogens is 1. The van der Waals surface area contributed by atoms with Crippen LogP contribution in [0.4, 0.5) is 4.39 Å². The molecule has 6 rings (SSSR count). The first-order valence-corrected chi connectivity index (χ1v) is 13.9. The summed E-state index contributed by atoms with van der Waals surface area (Å²) in [4.78, 5) is 11.7. The van der Waals surface area contributed by atoms with Crippen LogP contribution in [0.1, 0.15) is 77.0 Å². The molecule has 3 aliphatic rings. The number of carbonyl (C=O) groups excluding carboxylic acids is 1. The van der Waals surface area contributed by atoms with Gasteiger partial charge in [0.15, 0.2) is 0 Å². The van der Waals surface area contributed by atoms with Gasteiger partial charge in [0.1, 0.15) is 23.4 Å². The maximum absolute atomic E-state index is 15.3. The molecule has 1 fully saturated rings. The Morgan fingerprint density at radius 1 is 1.03 bits per heavy atom. The Bertz CT molecular complexity index is 1380. The molecule has 6 heteroatoms. The number of carbonyl (C=O) groups is 1. The molecule has 39 heavy (non-hydrogen) atoms. The highest BCUT2D eigenvalue weighted by atomic mass is 19.1. The molecule has 0 amide bonds. The van der Waals surface area contributed by atoms with Gasteiger partial charge in [-0.15, -0.1) is 0 Å². The first-order valence-electron chi connectivity index (χ1n) is 13.9. The van der Waals surface area contributed by atoms with Gasteiger partial charge in [0, 0.05) is 36.3 Å². The Morgan fingerprint density at radius 3 is 2.54 bits per heavy atom. The number of aryl methyl sites for hydroxylation is 2. The molecule has 3 aromatic carbocycles. The second-order valence-corrected chi connectivity index (χ2v) is 11.0. The number of methoxy groups -OCH3 is 1. The number of ether oxygens (including phenoxy) is 4. The molecule has 204 valence electrons. The smallest absolute Gasteiger partial charge is 0.306 e. The fraction of sp³-hybridized carbons (Fsp3) is 0.424. The third-order valence-electron chi connectivity index (χ3n) is 8.58. The van der Waals surface area contributed by atoms with Gasteiger partial charge < -0.3 is 18.9 Å². The van der Waals surface area contributed by atoms with Gasteiger partial charge >= 0.3 is 5.97 Å². The molecule has 0 saturated carbocycles. The van der Waals surface area contributed by atoms with Gasteiger partial charge in [-0.05, 0) is 91.0 Å². The molecule has 0 N–H and O–H groups in total. The van der Waals surface area contributed by atoms with E-state index < -0.39 is 0 Å². The van der Waals surface area contributed by atoms with Crippen molar-refractivity contribution in [1.29, 1.82) is 0 Å². The van der Waals surface area contributed by atoms with Crippen LogP contribution in [0.3, 0.4) is 0 Å². The average molecular weight is 531 g/mol. The highest BCUT2D eigenvalue weighted by Crippen LogP contribution is 2.45. The zero-order valence-electron chi connectivity index (χ0n) is 22.8. The minimum Gasteiger partial charge on any atom is -0.492 e. The monoisotopic (exact) mass is 530 g/mol. The number of hydrogen-bond acceptors (Lipinski definition) is 5. The van der Waals surface area contributed by atoms with Crippen molar-refractivity contribution in [3.63, 3.8) is 0 Å². The Hall–Kier alpha value is -3.38.